The molecule has 0 radical (unpaired) electrons. The number of aromatic nitrogens is 2. The van der Waals surface area contributed by atoms with E-state index in [1.54, 1.807) is 0 Å². The first-order valence-corrected chi connectivity index (χ1v) is 7.07. The van der Waals surface area contributed by atoms with Gasteiger partial charge in [0.05, 0.1) is 6.54 Å². The predicted molar refractivity (Wildman–Crippen MR) is 82.1 cm³/mol. The first kappa shape index (κ1) is 16.2. The highest BCUT2D eigenvalue weighted by Gasteiger charge is 2.15. The molecule has 0 spiro atoms. The van der Waals surface area contributed by atoms with Crippen molar-refractivity contribution in [3.05, 3.63) is 11.9 Å². The SMILES string of the molecule is CCNc1ncnc(NCC(=O)NC(C)C)c1C(C)C. The summed E-state index contributed by atoms with van der Waals surface area (Å²) in [6.07, 6.45) is 1.51. The van der Waals surface area contributed by atoms with E-state index in [9.17, 15) is 4.79 Å². The lowest BCUT2D eigenvalue weighted by atomic mass is 10.0. The summed E-state index contributed by atoms with van der Waals surface area (Å²) in [6.45, 7) is 11.1. The zero-order valence-electron chi connectivity index (χ0n) is 12.9. The summed E-state index contributed by atoms with van der Waals surface area (Å²) >= 11 is 0. The van der Waals surface area contributed by atoms with Crippen molar-refractivity contribution in [2.45, 2.75) is 46.6 Å². The van der Waals surface area contributed by atoms with E-state index >= 15 is 0 Å². The second-order valence-corrected chi connectivity index (χ2v) is 5.25. The van der Waals surface area contributed by atoms with Crippen LogP contribution in [0.15, 0.2) is 6.33 Å². The molecule has 0 fully saturated rings. The Kier molecular flexibility index (Phi) is 6.21. The predicted octanol–water partition coefficient (Wildman–Crippen LogP) is 1.97. The van der Waals surface area contributed by atoms with Crippen molar-refractivity contribution in [1.82, 2.24) is 15.3 Å². The monoisotopic (exact) mass is 279 g/mol. The van der Waals surface area contributed by atoms with Gasteiger partial charge in [0.1, 0.15) is 18.0 Å². The van der Waals surface area contributed by atoms with Crippen molar-refractivity contribution in [3.8, 4) is 0 Å². The molecule has 0 unspecified atom stereocenters. The third-order valence-corrected chi connectivity index (χ3v) is 2.67. The molecule has 0 atom stereocenters. The lowest BCUT2D eigenvalue weighted by Gasteiger charge is -2.17. The molecular weight excluding hydrogens is 254 g/mol. The number of nitrogens with zero attached hydrogens (tertiary/aromatic N) is 2. The van der Waals surface area contributed by atoms with Crippen LogP contribution < -0.4 is 16.0 Å². The maximum atomic E-state index is 11.7. The van der Waals surface area contributed by atoms with Crippen molar-refractivity contribution in [3.63, 3.8) is 0 Å². The molecule has 0 aliphatic rings. The Morgan fingerprint density at radius 3 is 2.25 bits per heavy atom. The van der Waals surface area contributed by atoms with Gasteiger partial charge >= 0.3 is 0 Å². The van der Waals surface area contributed by atoms with Crippen LogP contribution in [0.5, 0.6) is 0 Å². The van der Waals surface area contributed by atoms with Crippen LogP contribution in [-0.2, 0) is 4.79 Å². The fourth-order valence-corrected chi connectivity index (χ4v) is 1.93. The fraction of sp³-hybridized carbons (Fsp3) is 0.643. The van der Waals surface area contributed by atoms with Crippen LogP contribution in [0.1, 0.15) is 46.1 Å². The number of amides is 1. The lowest BCUT2D eigenvalue weighted by Crippen LogP contribution is -2.35. The molecule has 0 aromatic carbocycles. The molecule has 0 aliphatic carbocycles. The summed E-state index contributed by atoms with van der Waals surface area (Å²) in [7, 11) is 0. The molecule has 0 bridgehead atoms. The molecule has 0 aliphatic heterocycles. The Morgan fingerprint density at radius 1 is 1.15 bits per heavy atom. The van der Waals surface area contributed by atoms with Crippen molar-refractivity contribution >= 4 is 17.5 Å². The highest BCUT2D eigenvalue weighted by Crippen LogP contribution is 2.27. The number of hydrogen-bond donors (Lipinski definition) is 3. The molecule has 6 nitrogen and oxygen atoms in total. The third kappa shape index (κ3) is 4.68. The lowest BCUT2D eigenvalue weighted by molar-refractivity contribution is -0.119. The standard InChI is InChI=1S/C14H25N5O/c1-6-15-13-12(9(2)3)14(18-8-17-13)16-7-11(20)19-10(4)5/h8-10H,6-7H2,1-5H3,(H,19,20)(H2,15,16,17,18). The van der Waals surface area contributed by atoms with E-state index in [0.29, 0.717) is 5.82 Å². The molecule has 1 aromatic rings. The Bertz CT molecular complexity index is 445. The number of carbonyl (C=O) groups is 1. The highest BCUT2D eigenvalue weighted by molar-refractivity contribution is 5.81. The van der Waals surface area contributed by atoms with Crippen molar-refractivity contribution < 1.29 is 4.79 Å². The van der Waals surface area contributed by atoms with E-state index in [4.69, 9.17) is 0 Å². The zero-order chi connectivity index (χ0) is 15.1. The maximum Gasteiger partial charge on any atom is 0.239 e. The number of hydrogen-bond acceptors (Lipinski definition) is 5. The second kappa shape index (κ2) is 7.67. The average Bonchev–Trinajstić information content (AvgIpc) is 2.35. The topological polar surface area (TPSA) is 78.9 Å². The van der Waals surface area contributed by atoms with Crippen molar-refractivity contribution in [1.29, 1.82) is 0 Å². The molecule has 0 saturated heterocycles. The number of rotatable bonds is 7. The molecule has 1 amide bonds. The molecule has 1 rings (SSSR count). The normalized spacial score (nSPS) is 10.8. The van der Waals surface area contributed by atoms with E-state index in [-0.39, 0.29) is 24.4 Å². The van der Waals surface area contributed by atoms with Gasteiger partial charge in [-0.15, -0.1) is 0 Å². The number of carbonyl (C=O) groups excluding carboxylic acids is 1. The zero-order valence-corrected chi connectivity index (χ0v) is 12.9. The fourth-order valence-electron chi connectivity index (χ4n) is 1.93. The molecule has 3 N–H and O–H groups in total. The molecule has 112 valence electrons. The summed E-state index contributed by atoms with van der Waals surface area (Å²) < 4.78 is 0. The van der Waals surface area contributed by atoms with Gasteiger partial charge in [-0.05, 0) is 26.7 Å². The minimum Gasteiger partial charge on any atom is -0.370 e. The van der Waals surface area contributed by atoms with Crippen LogP contribution >= 0.6 is 0 Å². The molecule has 0 saturated carbocycles. The Balaban J connectivity index is 2.83. The Labute approximate surface area is 120 Å². The number of nitrogens with one attached hydrogen (secondary N) is 3. The average molecular weight is 279 g/mol. The Hall–Kier alpha value is -1.85. The van der Waals surface area contributed by atoms with Gasteiger partial charge in [0.25, 0.3) is 0 Å². The van der Waals surface area contributed by atoms with E-state index in [1.807, 2.05) is 20.8 Å². The van der Waals surface area contributed by atoms with Crippen LogP contribution in [0.3, 0.4) is 0 Å². The van der Waals surface area contributed by atoms with Crippen LogP contribution in [0.2, 0.25) is 0 Å². The van der Waals surface area contributed by atoms with E-state index in [0.717, 1.165) is 17.9 Å². The summed E-state index contributed by atoms with van der Waals surface area (Å²) in [5.41, 5.74) is 1.01. The maximum absolute atomic E-state index is 11.7. The first-order chi connectivity index (χ1) is 9.45. The van der Waals surface area contributed by atoms with Gasteiger partial charge in [-0.3, -0.25) is 4.79 Å². The van der Waals surface area contributed by atoms with Gasteiger partial charge in [0, 0.05) is 18.2 Å². The van der Waals surface area contributed by atoms with Gasteiger partial charge in [-0.2, -0.15) is 0 Å². The summed E-state index contributed by atoms with van der Waals surface area (Å²) in [4.78, 5) is 20.2. The molecule has 1 heterocycles. The van der Waals surface area contributed by atoms with Gasteiger partial charge in [-0.1, -0.05) is 13.8 Å². The van der Waals surface area contributed by atoms with Crippen LogP contribution in [0.4, 0.5) is 11.6 Å². The van der Waals surface area contributed by atoms with Gasteiger partial charge in [-0.25, -0.2) is 9.97 Å². The minimum absolute atomic E-state index is 0.0432. The third-order valence-electron chi connectivity index (χ3n) is 2.67. The second-order valence-electron chi connectivity index (χ2n) is 5.25. The molecular formula is C14H25N5O. The van der Waals surface area contributed by atoms with Crippen molar-refractivity contribution in [2.75, 3.05) is 23.7 Å². The smallest absolute Gasteiger partial charge is 0.239 e. The van der Waals surface area contributed by atoms with E-state index in [2.05, 4.69) is 39.8 Å². The van der Waals surface area contributed by atoms with Crippen LogP contribution in [0.25, 0.3) is 0 Å². The molecule has 20 heavy (non-hydrogen) atoms. The summed E-state index contributed by atoms with van der Waals surface area (Å²) in [5, 5.41) is 9.16. The highest BCUT2D eigenvalue weighted by atomic mass is 16.1. The summed E-state index contributed by atoms with van der Waals surface area (Å²) in [5.74, 6) is 1.76. The van der Waals surface area contributed by atoms with Gasteiger partial charge in [0.15, 0.2) is 0 Å². The Morgan fingerprint density at radius 2 is 1.75 bits per heavy atom. The quantitative estimate of drug-likeness (QED) is 0.711. The first-order valence-electron chi connectivity index (χ1n) is 7.07. The van der Waals surface area contributed by atoms with E-state index < -0.39 is 0 Å². The largest absolute Gasteiger partial charge is 0.370 e. The van der Waals surface area contributed by atoms with E-state index in [1.165, 1.54) is 6.33 Å². The van der Waals surface area contributed by atoms with Gasteiger partial charge < -0.3 is 16.0 Å². The van der Waals surface area contributed by atoms with Gasteiger partial charge in [0.2, 0.25) is 5.91 Å². The molecule has 1 aromatic heterocycles. The van der Waals surface area contributed by atoms with Crippen molar-refractivity contribution in [2.24, 2.45) is 0 Å². The molecule has 6 heteroatoms. The number of anilines is 2. The van der Waals surface area contributed by atoms with Crippen LogP contribution in [0, 0.1) is 0 Å². The van der Waals surface area contributed by atoms with Crippen LogP contribution in [-0.4, -0.2) is 35.0 Å². The summed E-state index contributed by atoms with van der Waals surface area (Å²) in [6, 6.07) is 0.136. The minimum atomic E-state index is -0.0432.